The van der Waals surface area contributed by atoms with Crippen molar-refractivity contribution in [1.29, 1.82) is 0 Å². The van der Waals surface area contributed by atoms with E-state index in [0.29, 0.717) is 29.2 Å². The average molecular weight is 447 g/mol. The van der Waals surface area contributed by atoms with Crippen LogP contribution < -0.4 is 19.7 Å². The van der Waals surface area contributed by atoms with E-state index in [1.807, 2.05) is 6.92 Å². The van der Waals surface area contributed by atoms with Crippen LogP contribution in [0.4, 0.5) is 0 Å². The van der Waals surface area contributed by atoms with E-state index in [-0.39, 0.29) is 47.2 Å². The van der Waals surface area contributed by atoms with Gasteiger partial charge in [0.2, 0.25) is 0 Å². The maximum Gasteiger partial charge on any atom is 2.00 e. The van der Waals surface area contributed by atoms with Gasteiger partial charge in [-0.05, 0) is 42.3 Å². The quantitative estimate of drug-likeness (QED) is 0.333. The van der Waals surface area contributed by atoms with Crippen molar-refractivity contribution in [3.63, 3.8) is 0 Å². The van der Waals surface area contributed by atoms with Gasteiger partial charge in [-0.1, -0.05) is 35.5 Å². The predicted molar refractivity (Wildman–Crippen MR) is 110 cm³/mol. The van der Waals surface area contributed by atoms with E-state index in [2.05, 4.69) is 21.8 Å². The molecule has 0 spiro atoms. The summed E-state index contributed by atoms with van der Waals surface area (Å²) in [7, 11) is 0. The Hall–Kier alpha value is -3.41. The summed E-state index contributed by atoms with van der Waals surface area (Å²) in [6.07, 6.45) is 13.2. The molecule has 156 valence electrons. The largest absolute Gasteiger partial charge is 2.00 e. The maximum absolute atomic E-state index is 12.0. The van der Waals surface area contributed by atoms with Crippen molar-refractivity contribution in [2.75, 3.05) is 19.8 Å². The Morgan fingerprint density at radius 1 is 0.933 bits per heavy atom. The van der Waals surface area contributed by atoms with Gasteiger partial charge in [-0.25, -0.2) is 0 Å². The predicted octanol–water partition coefficient (Wildman–Crippen LogP) is 1.78. The summed E-state index contributed by atoms with van der Waals surface area (Å²) in [6, 6.07) is 9.14. The Labute approximate surface area is 186 Å². The first-order valence-corrected chi connectivity index (χ1v) is 8.81. The second-order valence-electron chi connectivity index (χ2n) is 6.01. The minimum absolute atomic E-state index is 0. The first-order valence-electron chi connectivity index (χ1n) is 8.81. The summed E-state index contributed by atoms with van der Waals surface area (Å²) in [5, 5.41) is 24.0. The first kappa shape index (κ1) is 24.6. The molecule has 7 heteroatoms. The van der Waals surface area contributed by atoms with Crippen LogP contribution in [0.3, 0.4) is 0 Å². The summed E-state index contributed by atoms with van der Waals surface area (Å²) in [6.45, 7) is 2.43. The van der Waals surface area contributed by atoms with Crippen LogP contribution in [0.2, 0.25) is 0 Å². The monoisotopic (exact) mass is 446 g/mol. The van der Waals surface area contributed by atoms with Crippen LogP contribution in [0.5, 0.6) is 23.0 Å². The van der Waals surface area contributed by atoms with Crippen molar-refractivity contribution in [3.8, 4) is 47.7 Å². The third-order valence-corrected chi connectivity index (χ3v) is 3.68. The molecule has 2 aromatic carbocycles. The fourth-order valence-electron chi connectivity index (χ4n) is 2.23. The summed E-state index contributed by atoms with van der Waals surface area (Å²) in [5.74, 6) is 5.11. The summed E-state index contributed by atoms with van der Waals surface area (Å²) >= 11 is 0. The van der Waals surface area contributed by atoms with Gasteiger partial charge in [0.1, 0.15) is 24.7 Å². The van der Waals surface area contributed by atoms with Crippen molar-refractivity contribution < 1.29 is 36.2 Å². The van der Waals surface area contributed by atoms with Crippen LogP contribution in [0.25, 0.3) is 0 Å². The average Bonchev–Trinajstić information content (AvgIpc) is 2.71. The first-order chi connectivity index (χ1) is 14.0. The molecule has 1 atom stereocenters. The fourth-order valence-corrected chi connectivity index (χ4v) is 2.23. The number of aliphatic imine (C=N–C) groups is 2. The number of hydrogen-bond acceptors (Lipinski definition) is 6. The molecule has 0 fully saturated rings. The Balaban J connectivity index is 0.00000450. The van der Waals surface area contributed by atoms with Gasteiger partial charge in [0.25, 0.3) is 0 Å². The molecule has 0 aliphatic heterocycles. The molecule has 0 radical (unpaired) electrons. The van der Waals surface area contributed by atoms with Crippen LogP contribution >= 0.6 is 0 Å². The molecule has 0 saturated heterocycles. The number of nitrogens with zero attached hydrogens (tertiary/aromatic N) is 2. The molecule has 30 heavy (non-hydrogen) atoms. The van der Waals surface area contributed by atoms with Gasteiger partial charge < -0.3 is 19.7 Å². The molecule has 0 aliphatic carbocycles. The van der Waals surface area contributed by atoms with Crippen LogP contribution in [0.15, 0.2) is 46.4 Å². The Kier molecular flexibility index (Phi) is 10.6. The van der Waals surface area contributed by atoms with Crippen molar-refractivity contribution in [2.45, 2.75) is 13.0 Å². The van der Waals surface area contributed by atoms with Gasteiger partial charge in [0.15, 0.2) is 0 Å². The second-order valence-corrected chi connectivity index (χ2v) is 6.01. The van der Waals surface area contributed by atoms with Crippen molar-refractivity contribution >= 4 is 12.4 Å². The molecule has 0 aliphatic rings. The molecule has 0 heterocycles. The Bertz CT molecular complexity index is 974. The number of rotatable bonds is 9. The van der Waals surface area contributed by atoms with Crippen molar-refractivity contribution in [2.24, 2.45) is 9.98 Å². The topological polar surface area (TPSA) is 89.3 Å². The van der Waals surface area contributed by atoms with Gasteiger partial charge in [-0.2, -0.15) is 0 Å². The van der Waals surface area contributed by atoms with E-state index < -0.39 is 0 Å². The van der Waals surface area contributed by atoms with E-state index in [1.54, 1.807) is 24.3 Å². The molecule has 1 unspecified atom stereocenters. The summed E-state index contributed by atoms with van der Waals surface area (Å²) in [5.41, 5.74) is 0.886. The molecule has 0 aromatic heterocycles. The van der Waals surface area contributed by atoms with E-state index in [4.69, 9.17) is 22.3 Å². The summed E-state index contributed by atoms with van der Waals surface area (Å²) < 4.78 is 10.4. The Morgan fingerprint density at radius 2 is 1.43 bits per heavy atom. The minimum Gasteiger partial charge on any atom is -0.872 e. The van der Waals surface area contributed by atoms with Gasteiger partial charge in [-0.15, -0.1) is 12.8 Å². The SMILES string of the molecule is C#CCOc1ccc(C=NCC(C)N=Cc2ccc(OCC#C)cc2[O-])c([O-])c1.[Ni+2]. The van der Waals surface area contributed by atoms with E-state index in [0.717, 1.165) is 0 Å². The normalized spacial score (nSPS) is 11.4. The standard InChI is InChI=1S/C23H22N2O4.Ni/c1-4-10-28-20-8-6-18(22(26)12-20)15-24-14-17(3)25-16-19-7-9-21(13-23(19)27)29-11-5-2;/h1-2,6-9,12-13,15-17,26-27H,10-11,14H2,3H3;/q;+2/p-2. The van der Waals surface area contributed by atoms with Crippen LogP contribution in [0.1, 0.15) is 18.1 Å². The van der Waals surface area contributed by atoms with E-state index in [9.17, 15) is 10.2 Å². The third-order valence-electron chi connectivity index (χ3n) is 3.68. The molecule has 0 N–H and O–H groups in total. The molecular weight excluding hydrogens is 427 g/mol. The van der Waals surface area contributed by atoms with Crippen LogP contribution in [-0.2, 0) is 16.5 Å². The smallest absolute Gasteiger partial charge is 0.872 e. The molecule has 6 nitrogen and oxygen atoms in total. The molecule has 0 amide bonds. The van der Waals surface area contributed by atoms with E-state index in [1.165, 1.54) is 24.6 Å². The maximum atomic E-state index is 12.0. The van der Waals surface area contributed by atoms with Gasteiger partial charge in [-0.3, -0.25) is 9.98 Å². The number of hydrogen-bond donors (Lipinski definition) is 0. The minimum atomic E-state index is -0.206. The van der Waals surface area contributed by atoms with Crippen LogP contribution in [-0.4, -0.2) is 38.2 Å². The van der Waals surface area contributed by atoms with E-state index >= 15 is 0 Å². The molecule has 2 rings (SSSR count). The molecule has 0 saturated carbocycles. The van der Waals surface area contributed by atoms with Crippen LogP contribution in [0, 0.1) is 24.7 Å². The zero-order valence-corrected chi connectivity index (χ0v) is 17.3. The zero-order valence-electron chi connectivity index (χ0n) is 16.3. The number of terminal acetylenes is 2. The zero-order chi connectivity index (χ0) is 21.1. The number of ether oxygens (including phenoxy) is 2. The van der Waals surface area contributed by atoms with Gasteiger partial charge in [0.05, 0.1) is 12.6 Å². The Morgan fingerprint density at radius 3 is 1.90 bits per heavy atom. The third kappa shape index (κ3) is 7.91. The molecular formula is C23H20N2NiO4. The summed E-state index contributed by atoms with van der Waals surface area (Å²) in [4.78, 5) is 8.57. The molecule has 0 bridgehead atoms. The van der Waals surface area contributed by atoms with Crippen molar-refractivity contribution in [3.05, 3.63) is 47.5 Å². The fraction of sp³-hybridized carbons (Fsp3) is 0.217. The van der Waals surface area contributed by atoms with Gasteiger partial charge in [0, 0.05) is 12.4 Å². The van der Waals surface area contributed by atoms with Gasteiger partial charge >= 0.3 is 16.5 Å². The van der Waals surface area contributed by atoms with Crippen molar-refractivity contribution in [1.82, 2.24) is 0 Å². The second kappa shape index (κ2) is 12.9. The number of benzene rings is 2. The molecule has 2 aromatic rings.